The number of nitrogens with one attached hydrogen (secondary N) is 2. The fourth-order valence-corrected chi connectivity index (χ4v) is 3.73. The Morgan fingerprint density at radius 1 is 1.13 bits per heavy atom. The van der Waals surface area contributed by atoms with Crippen molar-refractivity contribution in [2.24, 2.45) is 0 Å². The molecule has 0 aliphatic carbocycles. The number of hydrogen-bond acceptors (Lipinski definition) is 7. The van der Waals surface area contributed by atoms with E-state index in [0.717, 1.165) is 5.69 Å². The lowest BCUT2D eigenvalue weighted by molar-refractivity contribution is -0.192. The number of aryl methyl sites for hydroxylation is 1. The van der Waals surface area contributed by atoms with Gasteiger partial charge in [-0.05, 0) is 43.7 Å². The molecule has 0 spiro atoms. The second kappa shape index (κ2) is 10.2. The number of pyridine rings is 1. The Bertz CT molecular complexity index is 1700. The van der Waals surface area contributed by atoms with Crippen LogP contribution in [-0.2, 0) is 4.79 Å². The van der Waals surface area contributed by atoms with Gasteiger partial charge in [0.1, 0.15) is 23.3 Å². The average Bonchev–Trinajstić information content (AvgIpc) is 3.33. The fourth-order valence-electron chi connectivity index (χ4n) is 3.73. The number of benzene rings is 1. The molecule has 4 aromatic heterocycles. The van der Waals surface area contributed by atoms with Crippen LogP contribution < -0.4 is 10.9 Å². The van der Waals surface area contributed by atoms with E-state index >= 15 is 0 Å². The monoisotopic (exact) mass is 529 g/mol. The molecule has 0 fully saturated rings. The summed E-state index contributed by atoms with van der Waals surface area (Å²) in [5.74, 6) is -2.67. The molecule has 5 rings (SSSR count). The van der Waals surface area contributed by atoms with Crippen LogP contribution in [0.5, 0.6) is 0 Å². The van der Waals surface area contributed by atoms with Crippen LogP contribution in [0.1, 0.15) is 24.4 Å². The first kappa shape index (κ1) is 26.2. The van der Waals surface area contributed by atoms with Crippen LogP contribution in [0.25, 0.3) is 27.9 Å². The summed E-state index contributed by atoms with van der Waals surface area (Å²) in [5, 5.41) is 10.4. The number of H-pyrrole nitrogens is 1. The van der Waals surface area contributed by atoms with Crippen molar-refractivity contribution in [3.63, 3.8) is 0 Å². The lowest BCUT2D eigenvalue weighted by Gasteiger charge is -2.19. The van der Waals surface area contributed by atoms with Gasteiger partial charge >= 0.3 is 12.1 Å². The van der Waals surface area contributed by atoms with Gasteiger partial charge in [-0.3, -0.25) is 9.20 Å². The number of nitrogens with zero attached hydrogens (tertiary/aromatic N) is 5. The molecule has 1 aromatic carbocycles. The van der Waals surface area contributed by atoms with Crippen molar-refractivity contribution >= 4 is 28.6 Å². The summed E-state index contributed by atoms with van der Waals surface area (Å²) < 4.78 is 47.3. The first-order valence-electron chi connectivity index (χ1n) is 11.0. The Morgan fingerprint density at radius 3 is 2.53 bits per heavy atom. The van der Waals surface area contributed by atoms with Gasteiger partial charge in [-0.1, -0.05) is 18.2 Å². The molecular weight excluding hydrogens is 510 g/mol. The Kier molecular flexibility index (Phi) is 7.06. The molecule has 0 saturated heterocycles. The quantitative estimate of drug-likeness (QED) is 0.293. The number of rotatable bonds is 4. The third-order valence-electron chi connectivity index (χ3n) is 5.41. The summed E-state index contributed by atoms with van der Waals surface area (Å²) in [5.41, 5.74) is 3.46. The highest BCUT2D eigenvalue weighted by molar-refractivity contribution is 5.82. The highest BCUT2D eigenvalue weighted by Crippen LogP contribution is 2.28. The maximum Gasteiger partial charge on any atom is 0.490 e. The van der Waals surface area contributed by atoms with Gasteiger partial charge in [0.2, 0.25) is 0 Å². The van der Waals surface area contributed by atoms with Crippen LogP contribution in [0.3, 0.4) is 0 Å². The average molecular weight is 529 g/mol. The van der Waals surface area contributed by atoms with Crippen molar-refractivity contribution in [1.82, 2.24) is 29.3 Å². The molecule has 3 N–H and O–H groups in total. The Labute approximate surface area is 211 Å². The number of halogens is 4. The third kappa shape index (κ3) is 5.28. The van der Waals surface area contributed by atoms with Gasteiger partial charge in [-0.25, -0.2) is 29.1 Å². The number of fused-ring (bicyclic) bond motifs is 2. The van der Waals surface area contributed by atoms with E-state index in [1.165, 1.54) is 29.2 Å². The normalized spacial score (nSPS) is 12.2. The Hall–Kier alpha value is -4.88. The zero-order valence-electron chi connectivity index (χ0n) is 19.8. The highest BCUT2D eigenvalue weighted by atomic mass is 19.4. The molecule has 1 unspecified atom stereocenters. The van der Waals surface area contributed by atoms with Gasteiger partial charge in [0.05, 0.1) is 23.6 Å². The molecule has 14 heteroatoms. The van der Waals surface area contributed by atoms with Crippen LogP contribution in [0, 0.1) is 12.7 Å². The number of aliphatic carboxylic acids is 1. The topological polar surface area (TPSA) is 138 Å². The van der Waals surface area contributed by atoms with E-state index in [1.807, 2.05) is 26.0 Å². The molecular formula is C24H19F4N7O3. The maximum atomic E-state index is 14.0. The molecule has 0 saturated carbocycles. The van der Waals surface area contributed by atoms with Crippen molar-refractivity contribution in [2.45, 2.75) is 26.1 Å². The second-order valence-electron chi connectivity index (χ2n) is 8.04. The zero-order chi connectivity index (χ0) is 27.6. The van der Waals surface area contributed by atoms with Gasteiger partial charge in [0.25, 0.3) is 5.56 Å². The molecule has 5 aromatic rings. The first-order chi connectivity index (χ1) is 18.0. The number of aromatic nitrogens is 6. The minimum Gasteiger partial charge on any atom is -0.475 e. The molecule has 0 amide bonds. The van der Waals surface area contributed by atoms with Crippen LogP contribution in [0.2, 0.25) is 0 Å². The molecule has 0 bridgehead atoms. The molecule has 0 radical (unpaired) electrons. The minimum absolute atomic E-state index is 0.259. The van der Waals surface area contributed by atoms with E-state index < -0.39 is 24.0 Å². The van der Waals surface area contributed by atoms with E-state index in [4.69, 9.17) is 14.9 Å². The molecule has 0 aliphatic heterocycles. The third-order valence-corrected chi connectivity index (χ3v) is 5.41. The summed E-state index contributed by atoms with van der Waals surface area (Å²) in [6.45, 7) is 3.71. The lowest BCUT2D eigenvalue weighted by atomic mass is 10.0. The largest absolute Gasteiger partial charge is 0.490 e. The van der Waals surface area contributed by atoms with Crippen molar-refractivity contribution < 1.29 is 27.5 Å². The van der Waals surface area contributed by atoms with Gasteiger partial charge in [-0.2, -0.15) is 13.2 Å². The van der Waals surface area contributed by atoms with E-state index in [9.17, 15) is 22.4 Å². The van der Waals surface area contributed by atoms with Crippen LogP contribution in [0.4, 0.5) is 23.4 Å². The van der Waals surface area contributed by atoms with Gasteiger partial charge in [-0.15, -0.1) is 0 Å². The van der Waals surface area contributed by atoms with Crippen LogP contribution in [0.15, 0.2) is 59.9 Å². The number of anilines is 1. The van der Waals surface area contributed by atoms with Crippen LogP contribution in [-0.4, -0.2) is 46.6 Å². The van der Waals surface area contributed by atoms with Gasteiger partial charge in [0.15, 0.2) is 11.5 Å². The lowest BCUT2D eigenvalue weighted by Crippen LogP contribution is -2.24. The molecule has 1 atom stereocenters. The maximum absolute atomic E-state index is 14.0. The summed E-state index contributed by atoms with van der Waals surface area (Å²) in [6.07, 6.45) is -2.12. The number of hydrogen-bond donors (Lipinski definition) is 3. The zero-order valence-corrected chi connectivity index (χ0v) is 19.8. The van der Waals surface area contributed by atoms with Crippen LogP contribution >= 0.6 is 0 Å². The molecule has 0 aliphatic rings. The summed E-state index contributed by atoms with van der Waals surface area (Å²) >= 11 is 0. The summed E-state index contributed by atoms with van der Waals surface area (Å²) in [6, 6.07) is 11.0. The van der Waals surface area contributed by atoms with E-state index in [1.54, 1.807) is 18.2 Å². The predicted octanol–water partition coefficient (Wildman–Crippen LogP) is 4.28. The number of carboxylic acid groups (broad SMARTS) is 1. The van der Waals surface area contributed by atoms with Gasteiger partial charge in [0, 0.05) is 5.69 Å². The van der Waals surface area contributed by atoms with Crippen molar-refractivity contribution in [3.05, 3.63) is 82.7 Å². The Morgan fingerprint density at radius 2 is 1.84 bits per heavy atom. The van der Waals surface area contributed by atoms with E-state index in [2.05, 4.69) is 25.3 Å². The van der Waals surface area contributed by atoms with Gasteiger partial charge < -0.3 is 15.4 Å². The van der Waals surface area contributed by atoms with Crippen molar-refractivity contribution in [2.75, 3.05) is 5.32 Å². The number of carbonyl (C=O) groups is 1. The molecule has 38 heavy (non-hydrogen) atoms. The highest BCUT2D eigenvalue weighted by Gasteiger charge is 2.38. The van der Waals surface area contributed by atoms with E-state index in [-0.39, 0.29) is 5.56 Å². The second-order valence-corrected chi connectivity index (χ2v) is 8.04. The number of alkyl halides is 3. The number of imidazole rings is 1. The first-order valence-corrected chi connectivity index (χ1v) is 11.0. The summed E-state index contributed by atoms with van der Waals surface area (Å²) in [7, 11) is 0. The molecule has 196 valence electrons. The predicted molar refractivity (Wildman–Crippen MR) is 129 cm³/mol. The van der Waals surface area contributed by atoms with E-state index in [0.29, 0.717) is 39.4 Å². The molecule has 4 heterocycles. The smallest absolute Gasteiger partial charge is 0.475 e. The van der Waals surface area contributed by atoms with Crippen molar-refractivity contribution in [3.8, 4) is 11.1 Å². The molecule has 10 nitrogen and oxygen atoms in total. The number of aromatic amines is 1. The minimum atomic E-state index is -5.08. The summed E-state index contributed by atoms with van der Waals surface area (Å²) in [4.78, 5) is 42.8. The fraction of sp³-hybridized carbons (Fsp3) is 0.167. The standard InChI is InChI=1S/C22H18FN7O.C2HF3O2/c1-12-5-3-8-16-29-18(13(2)28-21-19-20(25-10-24-19)26-11-27-21)17(22(31)30(12)16)14-6-4-7-15(23)9-14;3-2(4,5)1(6)7/h3-11,13H,1-2H3,(H2,24,25,26,27,28);(H,6,7). The van der Waals surface area contributed by atoms with Crippen molar-refractivity contribution in [1.29, 1.82) is 0 Å². The Balaban J connectivity index is 0.000000426. The number of carboxylic acids is 1. The SMILES string of the molecule is Cc1cccc2nc(C(C)Nc3ncnc4[nH]cnc34)c(-c3cccc(F)c3)c(=O)n12.O=C(O)C(F)(F)F.